The van der Waals surface area contributed by atoms with Gasteiger partial charge in [0.25, 0.3) is 0 Å². The molecule has 1 aromatic carbocycles. The number of nitrogens with zero attached hydrogens (tertiary/aromatic N) is 4. The maximum Gasteiger partial charge on any atom is 0.246 e. The van der Waals surface area contributed by atoms with Gasteiger partial charge in [-0.05, 0) is 30.7 Å². The summed E-state index contributed by atoms with van der Waals surface area (Å²) in [7, 11) is 1.83. The van der Waals surface area contributed by atoms with E-state index in [1.165, 1.54) is 5.56 Å². The molecule has 2 heterocycles. The third kappa shape index (κ3) is 4.18. The molecule has 0 saturated carbocycles. The van der Waals surface area contributed by atoms with Crippen LogP contribution in [0.25, 0.3) is 0 Å². The van der Waals surface area contributed by atoms with Crippen molar-refractivity contribution in [1.29, 1.82) is 0 Å². The maximum absolute atomic E-state index is 5.17. The summed E-state index contributed by atoms with van der Waals surface area (Å²) in [6.45, 7) is 6.61. The predicted octanol–water partition coefficient (Wildman–Crippen LogP) is 2.97. The highest BCUT2D eigenvalue weighted by Gasteiger charge is 2.30. The molecule has 1 N–H and O–H groups in total. The lowest BCUT2D eigenvalue weighted by atomic mass is 9.79. The third-order valence-electron chi connectivity index (χ3n) is 4.96. The summed E-state index contributed by atoms with van der Waals surface area (Å²) in [6, 6.07) is 10.9. The van der Waals surface area contributed by atoms with Crippen LogP contribution in [0.2, 0.25) is 0 Å². The van der Waals surface area contributed by atoms with Gasteiger partial charge in [0.2, 0.25) is 5.89 Å². The van der Waals surface area contributed by atoms with Gasteiger partial charge in [-0.3, -0.25) is 4.99 Å². The summed E-state index contributed by atoms with van der Waals surface area (Å²) in [4.78, 5) is 11.0. The molecule has 0 aliphatic carbocycles. The zero-order valence-electron chi connectivity index (χ0n) is 15.3. The highest BCUT2D eigenvalue weighted by atomic mass is 16.5. The number of hydrogen-bond donors (Lipinski definition) is 1. The van der Waals surface area contributed by atoms with E-state index in [2.05, 4.69) is 62.6 Å². The van der Waals surface area contributed by atoms with Gasteiger partial charge in [-0.25, -0.2) is 0 Å². The van der Waals surface area contributed by atoms with E-state index in [0.29, 0.717) is 30.1 Å². The van der Waals surface area contributed by atoms with E-state index in [1.807, 2.05) is 14.0 Å². The number of benzene rings is 1. The van der Waals surface area contributed by atoms with Gasteiger partial charge < -0.3 is 14.7 Å². The lowest BCUT2D eigenvalue weighted by Crippen LogP contribution is -2.48. The Morgan fingerprint density at radius 1 is 1.36 bits per heavy atom. The lowest BCUT2D eigenvalue weighted by Gasteiger charge is -2.40. The van der Waals surface area contributed by atoms with Crippen LogP contribution in [0.5, 0.6) is 0 Å². The number of piperidine rings is 1. The van der Waals surface area contributed by atoms with Gasteiger partial charge >= 0.3 is 0 Å². The molecule has 0 amide bonds. The molecule has 0 radical (unpaired) electrons. The third-order valence-corrected chi connectivity index (χ3v) is 4.96. The van der Waals surface area contributed by atoms with E-state index in [9.17, 15) is 0 Å². The van der Waals surface area contributed by atoms with Gasteiger partial charge in [-0.1, -0.05) is 48.8 Å². The van der Waals surface area contributed by atoms with Crippen molar-refractivity contribution in [2.45, 2.75) is 39.2 Å². The molecule has 25 heavy (non-hydrogen) atoms. The molecule has 1 aliphatic heterocycles. The minimum absolute atomic E-state index is 0.503. The van der Waals surface area contributed by atoms with Crippen LogP contribution in [0.1, 0.15) is 43.0 Å². The first kappa shape index (κ1) is 17.5. The molecule has 1 fully saturated rings. The first-order valence-electron chi connectivity index (χ1n) is 9.01. The van der Waals surface area contributed by atoms with Gasteiger partial charge in [0, 0.05) is 20.1 Å². The summed E-state index contributed by atoms with van der Waals surface area (Å²) in [6.07, 6.45) is 2.30. The van der Waals surface area contributed by atoms with E-state index < -0.39 is 0 Å². The number of aryl methyl sites for hydroxylation is 1. The first-order chi connectivity index (χ1) is 12.2. The molecule has 2 aromatic rings. The van der Waals surface area contributed by atoms with Crippen molar-refractivity contribution < 1.29 is 4.52 Å². The minimum atomic E-state index is 0.503. The second-order valence-electron chi connectivity index (χ2n) is 6.56. The van der Waals surface area contributed by atoms with Crippen molar-refractivity contribution in [3.63, 3.8) is 0 Å². The Kier molecular flexibility index (Phi) is 5.68. The number of guanidine groups is 1. The number of nitrogens with one attached hydrogen (secondary N) is 1. The van der Waals surface area contributed by atoms with Crippen molar-refractivity contribution in [2.75, 3.05) is 20.1 Å². The number of aliphatic imine (C=N–C) groups is 1. The first-order valence-corrected chi connectivity index (χ1v) is 9.01. The topological polar surface area (TPSA) is 66.5 Å². The van der Waals surface area contributed by atoms with E-state index in [-0.39, 0.29) is 0 Å². The van der Waals surface area contributed by atoms with Crippen LogP contribution in [0.3, 0.4) is 0 Å². The minimum Gasteiger partial charge on any atom is -0.347 e. The van der Waals surface area contributed by atoms with E-state index in [0.717, 1.165) is 31.9 Å². The number of aromatic nitrogens is 2. The van der Waals surface area contributed by atoms with Crippen LogP contribution in [-0.2, 0) is 6.54 Å². The fraction of sp³-hybridized carbons (Fsp3) is 0.526. The highest BCUT2D eigenvalue weighted by molar-refractivity contribution is 5.79. The summed E-state index contributed by atoms with van der Waals surface area (Å²) < 4.78 is 5.17. The molecule has 2 atom stereocenters. The van der Waals surface area contributed by atoms with Crippen LogP contribution in [-0.4, -0.2) is 41.1 Å². The molecule has 134 valence electrons. The molecule has 1 aliphatic rings. The van der Waals surface area contributed by atoms with Crippen molar-refractivity contribution in [1.82, 2.24) is 20.4 Å². The van der Waals surface area contributed by atoms with Crippen LogP contribution in [0.15, 0.2) is 39.8 Å². The molecule has 0 bridgehead atoms. The lowest BCUT2D eigenvalue weighted by molar-refractivity contribution is 0.215. The Balaban J connectivity index is 1.63. The van der Waals surface area contributed by atoms with Crippen LogP contribution < -0.4 is 5.32 Å². The fourth-order valence-electron chi connectivity index (χ4n) is 3.68. The average Bonchev–Trinajstić information content (AvgIpc) is 3.08. The van der Waals surface area contributed by atoms with Crippen molar-refractivity contribution in [3.05, 3.63) is 47.6 Å². The predicted molar refractivity (Wildman–Crippen MR) is 98.4 cm³/mol. The molecule has 3 rings (SSSR count). The molecule has 1 saturated heterocycles. The Labute approximate surface area is 149 Å². The van der Waals surface area contributed by atoms with Crippen LogP contribution in [0, 0.1) is 12.8 Å². The van der Waals surface area contributed by atoms with Gasteiger partial charge in [0.05, 0.1) is 6.54 Å². The summed E-state index contributed by atoms with van der Waals surface area (Å²) >= 11 is 0. The highest BCUT2D eigenvalue weighted by Crippen LogP contribution is 2.34. The quantitative estimate of drug-likeness (QED) is 0.684. The Morgan fingerprint density at radius 2 is 2.16 bits per heavy atom. The molecule has 0 spiro atoms. The van der Waals surface area contributed by atoms with Crippen molar-refractivity contribution in [3.8, 4) is 0 Å². The molecule has 6 nitrogen and oxygen atoms in total. The maximum atomic E-state index is 5.17. The molecule has 6 heteroatoms. The largest absolute Gasteiger partial charge is 0.347 e. The van der Waals surface area contributed by atoms with Gasteiger partial charge in [0.15, 0.2) is 11.8 Å². The van der Waals surface area contributed by atoms with E-state index in [4.69, 9.17) is 4.52 Å². The summed E-state index contributed by atoms with van der Waals surface area (Å²) in [5.74, 6) is 3.40. The van der Waals surface area contributed by atoms with Gasteiger partial charge in [-0.15, -0.1) is 0 Å². The summed E-state index contributed by atoms with van der Waals surface area (Å²) in [5, 5.41) is 7.17. The second kappa shape index (κ2) is 8.14. The van der Waals surface area contributed by atoms with Crippen molar-refractivity contribution >= 4 is 5.96 Å². The normalized spacial score (nSPS) is 21.4. The molecule has 1 aromatic heterocycles. The van der Waals surface area contributed by atoms with Gasteiger partial charge in [-0.2, -0.15) is 4.98 Å². The number of rotatable bonds is 4. The second-order valence-corrected chi connectivity index (χ2v) is 6.56. The van der Waals surface area contributed by atoms with Crippen LogP contribution >= 0.6 is 0 Å². The fourth-order valence-corrected chi connectivity index (χ4v) is 3.68. The standard InChI is InChI=1S/C19H27N5O/c1-4-15-13-24(11-10-17(15)16-8-6-5-7-9-16)19(20-3)21-12-18-22-14(2)23-25-18/h5-9,15,17H,4,10-13H2,1-3H3,(H,20,21). The van der Waals surface area contributed by atoms with Crippen molar-refractivity contribution in [2.24, 2.45) is 10.9 Å². The van der Waals surface area contributed by atoms with E-state index >= 15 is 0 Å². The molecular weight excluding hydrogens is 314 g/mol. The van der Waals surface area contributed by atoms with Crippen LogP contribution in [0.4, 0.5) is 0 Å². The number of hydrogen-bond acceptors (Lipinski definition) is 4. The summed E-state index contributed by atoms with van der Waals surface area (Å²) in [5.41, 5.74) is 1.46. The Morgan fingerprint density at radius 3 is 2.80 bits per heavy atom. The molecular formula is C19H27N5O. The van der Waals surface area contributed by atoms with Gasteiger partial charge in [0.1, 0.15) is 0 Å². The monoisotopic (exact) mass is 341 g/mol. The molecule has 2 unspecified atom stereocenters. The average molecular weight is 341 g/mol. The number of likely N-dealkylation sites (tertiary alicyclic amines) is 1. The zero-order chi connectivity index (χ0) is 17.6. The van der Waals surface area contributed by atoms with E-state index in [1.54, 1.807) is 0 Å². The SMILES string of the molecule is CCC1CN(C(=NC)NCc2nc(C)no2)CCC1c1ccccc1. The Hall–Kier alpha value is -2.37. The Bertz CT molecular complexity index is 697. The zero-order valence-corrected chi connectivity index (χ0v) is 15.3. The smallest absolute Gasteiger partial charge is 0.246 e.